The van der Waals surface area contributed by atoms with E-state index in [0.717, 1.165) is 24.0 Å². The molecule has 1 heterocycles. The Morgan fingerprint density at radius 3 is 2.21 bits per heavy atom. The summed E-state index contributed by atoms with van der Waals surface area (Å²) in [5.41, 5.74) is 1.69. The normalized spacial score (nSPS) is 15.8. The number of aliphatic hydroxyl groups excluding tert-OH is 1. The van der Waals surface area contributed by atoms with Crippen molar-refractivity contribution < 1.29 is 34.5 Å². The van der Waals surface area contributed by atoms with Crippen LogP contribution >= 0.6 is 9.24 Å². The van der Waals surface area contributed by atoms with Gasteiger partial charge in [0.1, 0.15) is 24.2 Å². The molecule has 12 heteroatoms. The van der Waals surface area contributed by atoms with Gasteiger partial charge in [-0.2, -0.15) is 0 Å². The molecule has 0 saturated carbocycles. The van der Waals surface area contributed by atoms with Gasteiger partial charge in [0.05, 0.1) is 33.7 Å². The standard InChI is InChI=1S/C36H47N3O5S.C3H8O2.CH5P.H2/c1-11-25(12-2)13-14-26-15-17-27(18-16-26)22-39-30-21-28(24(3)43-33(37-10)35(4,5)6)19-20-31(30)45(42)23-29(32(39)40)38-34(41)44-36(7,8)9;1-2-5-3-4;1-2;/h15-21,25,29H,3,11-12,22-23H2,1-2,4-10H3,(H,38,41);4H,2-3H2,1H3;2H2,1H3;1H/t29-,45?;;;/m0.../s1. The second-order valence-corrected chi connectivity index (χ2v) is 15.2. The second-order valence-electron chi connectivity index (χ2n) is 13.7. The molecule has 290 valence electrons. The molecule has 3 atom stereocenters. The van der Waals surface area contributed by atoms with Gasteiger partial charge in [0.2, 0.25) is 0 Å². The first-order chi connectivity index (χ1) is 24.5. The van der Waals surface area contributed by atoms with E-state index in [1.54, 1.807) is 50.9 Å². The topological polar surface area (TPSA) is 127 Å². The fraction of sp³-hybridized carbons (Fsp3) is 0.525. The summed E-state index contributed by atoms with van der Waals surface area (Å²) in [6.07, 6.45) is 1.25. The summed E-state index contributed by atoms with van der Waals surface area (Å²) in [7, 11) is 2.47. The number of nitrogens with one attached hydrogen (secondary N) is 1. The highest BCUT2D eigenvalue weighted by Crippen LogP contribution is 2.34. The van der Waals surface area contributed by atoms with E-state index in [0.29, 0.717) is 40.3 Å². The van der Waals surface area contributed by atoms with Gasteiger partial charge >= 0.3 is 6.09 Å². The van der Waals surface area contributed by atoms with Gasteiger partial charge in [-0.25, -0.2) is 4.79 Å². The van der Waals surface area contributed by atoms with Crippen LogP contribution in [0.3, 0.4) is 0 Å². The third-order valence-electron chi connectivity index (χ3n) is 7.45. The Balaban J connectivity index is 0.00000311. The highest BCUT2D eigenvalue weighted by atomic mass is 32.2. The molecule has 2 amide bonds. The van der Waals surface area contributed by atoms with Crippen molar-refractivity contribution in [1.29, 1.82) is 0 Å². The maximum atomic E-state index is 14.1. The number of alkyl carbamates (subject to hydrolysis) is 1. The molecule has 3 rings (SSSR count). The van der Waals surface area contributed by atoms with Crippen LogP contribution in [0.4, 0.5) is 10.5 Å². The lowest BCUT2D eigenvalue weighted by molar-refractivity contribution is -0.120. The fourth-order valence-electron chi connectivity index (χ4n) is 4.79. The molecule has 0 aliphatic carbocycles. The molecule has 1 aliphatic heterocycles. The molecule has 2 N–H and O–H groups in total. The monoisotopic (exact) mass is 759 g/mol. The van der Waals surface area contributed by atoms with Crippen molar-refractivity contribution >= 4 is 49.4 Å². The third kappa shape index (κ3) is 15.2. The van der Waals surface area contributed by atoms with E-state index in [4.69, 9.17) is 14.6 Å². The van der Waals surface area contributed by atoms with Crippen LogP contribution < -0.4 is 10.2 Å². The molecule has 0 radical (unpaired) electrons. The summed E-state index contributed by atoms with van der Waals surface area (Å²) in [5, 5.41) is 10.5. The van der Waals surface area contributed by atoms with Crippen molar-refractivity contribution in [3.05, 3.63) is 65.7 Å². The van der Waals surface area contributed by atoms with Crippen molar-refractivity contribution in [2.45, 2.75) is 98.2 Å². The van der Waals surface area contributed by atoms with Gasteiger partial charge in [0.15, 0.2) is 5.90 Å². The van der Waals surface area contributed by atoms with Crippen molar-refractivity contribution in [2.24, 2.45) is 16.3 Å². The van der Waals surface area contributed by atoms with Crippen LogP contribution in [0.1, 0.15) is 93.3 Å². The van der Waals surface area contributed by atoms with Crippen LogP contribution in [0.15, 0.2) is 58.9 Å². The van der Waals surface area contributed by atoms with Gasteiger partial charge in [0.25, 0.3) is 5.91 Å². The Hall–Kier alpha value is -3.55. The van der Waals surface area contributed by atoms with Gasteiger partial charge in [-0.15, -0.1) is 9.24 Å². The highest BCUT2D eigenvalue weighted by molar-refractivity contribution is 7.85. The molecule has 2 unspecified atom stereocenters. The van der Waals surface area contributed by atoms with Crippen LogP contribution in [0, 0.1) is 23.2 Å². The summed E-state index contributed by atoms with van der Waals surface area (Å²) >= 11 is 0. The van der Waals surface area contributed by atoms with Gasteiger partial charge in [-0.1, -0.05) is 71.8 Å². The summed E-state index contributed by atoms with van der Waals surface area (Å²) < 4.78 is 29.5. The van der Waals surface area contributed by atoms with E-state index >= 15 is 0 Å². The number of nitrogens with zero attached hydrogens (tertiary/aromatic N) is 2. The van der Waals surface area contributed by atoms with E-state index in [2.05, 4.69) is 56.6 Å². The average molecular weight is 760 g/mol. The van der Waals surface area contributed by atoms with Crippen molar-refractivity contribution in [1.82, 2.24) is 5.32 Å². The molecule has 0 fully saturated rings. The van der Waals surface area contributed by atoms with Crippen molar-refractivity contribution in [3.63, 3.8) is 0 Å². The van der Waals surface area contributed by atoms with Crippen LogP contribution in [0.2, 0.25) is 0 Å². The van der Waals surface area contributed by atoms with E-state index in [1.807, 2.05) is 58.6 Å². The van der Waals surface area contributed by atoms with Crippen LogP contribution in [0.5, 0.6) is 0 Å². The van der Waals surface area contributed by atoms with E-state index < -0.39 is 34.4 Å². The quantitative estimate of drug-likeness (QED) is 0.0668. The lowest BCUT2D eigenvalue weighted by atomic mass is 9.96. The van der Waals surface area contributed by atoms with E-state index in [1.165, 1.54) is 0 Å². The number of carbonyl (C=O) groups is 2. The Morgan fingerprint density at radius 1 is 1.12 bits per heavy atom. The predicted octanol–water partition coefficient (Wildman–Crippen LogP) is 7.79. The van der Waals surface area contributed by atoms with Crippen LogP contribution in [-0.2, 0) is 36.3 Å². The minimum absolute atomic E-state index is 0. The van der Waals surface area contributed by atoms with Crippen LogP contribution in [-0.4, -0.2) is 71.7 Å². The minimum atomic E-state index is -1.61. The lowest BCUT2D eigenvalue weighted by Crippen LogP contribution is -2.51. The van der Waals surface area contributed by atoms with Crippen molar-refractivity contribution in [3.8, 4) is 11.8 Å². The molecule has 0 aromatic heterocycles. The third-order valence-corrected chi connectivity index (χ3v) is 8.92. The molecule has 10 nitrogen and oxygen atoms in total. The number of anilines is 1. The Labute approximate surface area is 318 Å². The molecule has 2 aromatic rings. The van der Waals surface area contributed by atoms with Gasteiger partial charge in [-0.05, 0) is 76.4 Å². The Morgan fingerprint density at radius 2 is 1.73 bits per heavy atom. The number of rotatable bonds is 9. The second kappa shape index (κ2) is 22.5. The zero-order chi connectivity index (χ0) is 39.6. The summed E-state index contributed by atoms with van der Waals surface area (Å²) in [6.45, 7) is 23.9. The number of fused-ring (bicyclic) bond motifs is 1. The predicted molar refractivity (Wildman–Crippen MR) is 219 cm³/mol. The lowest BCUT2D eigenvalue weighted by Gasteiger charge is -2.27. The number of benzene rings is 2. The van der Waals surface area contributed by atoms with E-state index in [-0.39, 0.29) is 25.9 Å². The molecule has 0 saturated heterocycles. The molecular weight excluding hydrogens is 697 g/mol. The zero-order valence-electron chi connectivity index (χ0n) is 32.9. The average Bonchev–Trinajstić information content (AvgIpc) is 3.18. The first-order valence-corrected chi connectivity index (χ1v) is 20.0. The maximum absolute atomic E-state index is 14.1. The molecule has 0 spiro atoms. The minimum Gasteiger partial charge on any atom is -0.444 e. The highest BCUT2D eigenvalue weighted by Gasteiger charge is 2.36. The maximum Gasteiger partial charge on any atom is 0.408 e. The van der Waals surface area contributed by atoms with Crippen molar-refractivity contribution in [2.75, 3.05) is 37.8 Å². The van der Waals surface area contributed by atoms with Crippen LogP contribution in [0.25, 0.3) is 5.76 Å². The number of amides is 2. The Kier molecular flexibility index (Phi) is 20.1. The van der Waals surface area contributed by atoms with Gasteiger partial charge < -0.3 is 29.5 Å². The van der Waals surface area contributed by atoms with Gasteiger partial charge in [-0.3, -0.25) is 14.0 Å². The molecule has 0 bridgehead atoms. The number of hydrogen-bond donors (Lipinski definition) is 2. The molecule has 52 heavy (non-hydrogen) atoms. The first kappa shape index (κ1) is 46.5. The molecule has 2 aromatic carbocycles. The summed E-state index contributed by atoms with van der Waals surface area (Å²) in [5.74, 6) is 7.28. The smallest absolute Gasteiger partial charge is 0.408 e. The number of aliphatic hydroxyl groups is 1. The van der Waals surface area contributed by atoms with Gasteiger partial charge in [0, 0.05) is 37.5 Å². The Bertz CT molecular complexity index is 1590. The van der Waals surface area contributed by atoms with E-state index in [9.17, 15) is 13.8 Å². The number of hydrogen-bond acceptors (Lipinski definition) is 8. The number of aliphatic imine (C=N–C) groups is 1. The number of ether oxygens (including phenoxy) is 3. The SMILES string of the molecule is C=C(OC(=NC)C(C)(C)C)c1ccc2c(c1)N(Cc1ccc(C#CC(CC)CC)cc1)C(=O)[C@@H](NC(=O)OC(C)(C)C)CS2=O.CCOCO.CP.[HH]. The summed E-state index contributed by atoms with van der Waals surface area (Å²) in [4.78, 5) is 33.2. The largest absolute Gasteiger partial charge is 0.444 e. The first-order valence-electron chi connectivity index (χ1n) is 17.5. The molecular formula is C40H62N3O7PS. The summed E-state index contributed by atoms with van der Waals surface area (Å²) in [6, 6.07) is 11.9. The number of carbonyl (C=O) groups excluding carboxylic acids is 2. The molecule has 1 aliphatic rings. The fourth-order valence-corrected chi connectivity index (χ4v) is 6.12. The zero-order valence-corrected chi connectivity index (χ0v) is 34.9.